The van der Waals surface area contributed by atoms with E-state index in [4.69, 9.17) is 0 Å². The lowest BCUT2D eigenvalue weighted by Crippen LogP contribution is -2.08. The number of aryl methyl sites for hydroxylation is 2. The normalized spacial score (nSPS) is 12.2. The SMILES string of the molecule is c1ccc(Nc2ccc(Nc3ccc4c(c3)CC4)cc2)cc1. The Balaban J connectivity index is 1.46. The van der Waals surface area contributed by atoms with Crippen molar-refractivity contribution >= 4 is 22.7 Å². The van der Waals surface area contributed by atoms with E-state index in [0.717, 1.165) is 17.1 Å². The maximum atomic E-state index is 3.47. The van der Waals surface area contributed by atoms with Crippen LogP contribution in [-0.4, -0.2) is 0 Å². The molecule has 0 aliphatic heterocycles. The Hall–Kier alpha value is -2.74. The minimum absolute atomic E-state index is 1.09. The maximum absolute atomic E-state index is 3.47. The number of nitrogens with one attached hydrogen (secondary N) is 2. The summed E-state index contributed by atoms with van der Waals surface area (Å²) in [4.78, 5) is 0. The van der Waals surface area contributed by atoms with Gasteiger partial charge in [-0.15, -0.1) is 0 Å². The highest BCUT2D eigenvalue weighted by Gasteiger charge is 2.12. The first-order chi connectivity index (χ1) is 10.9. The molecule has 3 aromatic rings. The third kappa shape index (κ3) is 2.68. The van der Waals surface area contributed by atoms with Gasteiger partial charge in [0.1, 0.15) is 0 Å². The van der Waals surface area contributed by atoms with Crippen molar-refractivity contribution < 1.29 is 0 Å². The van der Waals surface area contributed by atoms with Crippen molar-refractivity contribution in [2.24, 2.45) is 0 Å². The summed E-state index contributed by atoms with van der Waals surface area (Å²) in [5, 5.41) is 6.86. The molecule has 2 N–H and O–H groups in total. The lowest BCUT2D eigenvalue weighted by atomic mass is 9.88. The largest absolute Gasteiger partial charge is 0.356 e. The van der Waals surface area contributed by atoms with Crippen molar-refractivity contribution in [1.29, 1.82) is 0 Å². The van der Waals surface area contributed by atoms with E-state index in [2.05, 4.69) is 65.2 Å². The van der Waals surface area contributed by atoms with Gasteiger partial charge < -0.3 is 10.6 Å². The van der Waals surface area contributed by atoms with E-state index >= 15 is 0 Å². The van der Waals surface area contributed by atoms with Crippen molar-refractivity contribution in [3.8, 4) is 0 Å². The molecule has 0 amide bonds. The molecule has 0 aromatic heterocycles. The number of hydrogen-bond donors (Lipinski definition) is 2. The number of fused-ring (bicyclic) bond motifs is 1. The van der Waals surface area contributed by atoms with Crippen LogP contribution >= 0.6 is 0 Å². The number of hydrogen-bond acceptors (Lipinski definition) is 2. The van der Waals surface area contributed by atoms with Crippen LogP contribution in [0, 0.1) is 0 Å². The van der Waals surface area contributed by atoms with Gasteiger partial charge >= 0.3 is 0 Å². The minimum atomic E-state index is 1.09. The highest BCUT2D eigenvalue weighted by Crippen LogP contribution is 2.28. The summed E-state index contributed by atoms with van der Waals surface area (Å²) in [7, 11) is 0. The Labute approximate surface area is 130 Å². The second-order valence-corrected chi connectivity index (χ2v) is 5.68. The Morgan fingerprint density at radius 1 is 0.500 bits per heavy atom. The predicted molar refractivity (Wildman–Crippen MR) is 93.3 cm³/mol. The summed E-state index contributed by atoms with van der Waals surface area (Å²) in [6.45, 7) is 0. The lowest BCUT2D eigenvalue weighted by Gasteiger charge is -2.19. The Bertz CT molecular complexity index is 777. The summed E-state index contributed by atoms with van der Waals surface area (Å²) < 4.78 is 0. The molecule has 22 heavy (non-hydrogen) atoms. The minimum Gasteiger partial charge on any atom is -0.356 e. The van der Waals surface area contributed by atoms with Crippen molar-refractivity contribution in [3.63, 3.8) is 0 Å². The van der Waals surface area contributed by atoms with Gasteiger partial charge in [0.15, 0.2) is 0 Å². The Morgan fingerprint density at radius 2 is 1.05 bits per heavy atom. The van der Waals surface area contributed by atoms with E-state index in [1.165, 1.54) is 29.7 Å². The molecule has 0 heterocycles. The van der Waals surface area contributed by atoms with E-state index < -0.39 is 0 Å². The first kappa shape index (κ1) is 13.0. The molecule has 0 atom stereocenters. The zero-order valence-electron chi connectivity index (χ0n) is 12.3. The van der Waals surface area contributed by atoms with Crippen LogP contribution < -0.4 is 10.6 Å². The van der Waals surface area contributed by atoms with E-state index in [1.54, 1.807) is 0 Å². The second kappa shape index (κ2) is 5.57. The molecule has 2 heteroatoms. The van der Waals surface area contributed by atoms with Gasteiger partial charge in [-0.25, -0.2) is 0 Å². The molecule has 1 aliphatic carbocycles. The molecule has 0 unspecified atom stereocenters. The molecule has 0 saturated carbocycles. The average Bonchev–Trinajstić information content (AvgIpc) is 2.53. The number of rotatable bonds is 4. The van der Waals surface area contributed by atoms with E-state index in [-0.39, 0.29) is 0 Å². The Kier molecular flexibility index (Phi) is 3.28. The summed E-state index contributed by atoms with van der Waals surface area (Å²) in [6.07, 6.45) is 2.44. The standard InChI is InChI=1S/C20H18N2/c1-2-4-17(5-3-1)21-18-10-12-19(13-11-18)22-20-9-8-15-6-7-16(15)14-20/h1-5,8-14,21-22H,6-7H2. The van der Waals surface area contributed by atoms with Crippen molar-refractivity contribution in [3.05, 3.63) is 83.9 Å². The quantitative estimate of drug-likeness (QED) is 0.682. The number of anilines is 4. The van der Waals surface area contributed by atoms with Crippen LogP contribution in [0.4, 0.5) is 22.7 Å². The zero-order valence-corrected chi connectivity index (χ0v) is 12.3. The van der Waals surface area contributed by atoms with Crippen molar-refractivity contribution in [2.45, 2.75) is 12.8 Å². The van der Waals surface area contributed by atoms with Gasteiger partial charge in [0.25, 0.3) is 0 Å². The lowest BCUT2D eigenvalue weighted by molar-refractivity contribution is 0.840. The van der Waals surface area contributed by atoms with Gasteiger partial charge in [0.05, 0.1) is 0 Å². The van der Waals surface area contributed by atoms with Crippen LogP contribution in [0.1, 0.15) is 11.1 Å². The summed E-state index contributed by atoms with van der Waals surface area (Å²) >= 11 is 0. The van der Waals surface area contributed by atoms with E-state index in [9.17, 15) is 0 Å². The van der Waals surface area contributed by atoms with Crippen LogP contribution in [0.2, 0.25) is 0 Å². The van der Waals surface area contributed by atoms with Crippen LogP contribution in [0.5, 0.6) is 0 Å². The van der Waals surface area contributed by atoms with E-state index in [1.807, 2.05) is 18.2 Å². The first-order valence-corrected chi connectivity index (χ1v) is 7.68. The predicted octanol–water partition coefficient (Wildman–Crippen LogP) is 5.27. The van der Waals surface area contributed by atoms with Crippen LogP contribution in [0.25, 0.3) is 0 Å². The molecule has 0 fully saturated rings. The zero-order chi connectivity index (χ0) is 14.8. The third-order valence-corrected chi connectivity index (χ3v) is 4.11. The molecule has 2 nitrogen and oxygen atoms in total. The van der Waals surface area contributed by atoms with Crippen LogP contribution in [0.15, 0.2) is 72.8 Å². The summed E-state index contributed by atoms with van der Waals surface area (Å²) in [5.41, 5.74) is 7.44. The highest BCUT2D eigenvalue weighted by molar-refractivity contribution is 5.66. The molecule has 0 bridgehead atoms. The van der Waals surface area contributed by atoms with Gasteiger partial charge in [-0.05, 0) is 72.5 Å². The molecule has 0 radical (unpaired) electrons. The summed E-state index contributed by atoms with van der Waals surface area (Å²) in [6, 6.07) is 25.2. The molecule has 3 aromatic carbocycles. The fourth-order valence-electron chi connectivity index (χ4n) is 2.76. The number of benzene rings is 3. The fraction of sp³-hybridized carbons (Fsp3) is 0.100. The number of para-hydroxylation sites is 1. The fourth-order valence-corrected chi connectivity index (χ4v) is 2.76. The Morgan fingerprint density at radius 3 is 1.64 bits per heavy atom. The van der Waals surface area contributed by atoms with Crippen LogP contribution in [-0.2, 0) is 12.8 Å². The van der Waals surface area contributed by atoms with Gasteiger partial charge in [0.2, 0.25) is 0 Å². The molecular formula is C20H18N2. The topological polar surface area (TPSA) is 24.1 Å². The first-order valence-electron chi connectivity index (χ1n) is 7.68. The smallest absolute Gasteiger partial charge is 0.0387 e. The van der Waals surface area contributed by atoms with E-state index in [0.29, 0.717) is 0 Å². The monoisotopic (exact) mass is 286 g/mol. The molecule has 0 spiro atoms. The average molecular weight is 286 g/mol. The van der Waals surface area contributed by atoms with Gasteiger partial charge in [-0.1, -0.05) is 24.3 Å². The van der Waals surface area contributed by atoms with Gasteiger partial charge in [-0.3, -0.25) is 0 Å². The van der Waals surface area contributed by atoms with Crippen molar-refractivity contribution in [1.82, 2.24) is 0 Å². The summed E-state index contributed by atoms with van der Waals surface area (Å²) in [5.74, 6) is 0. The highest BCUT2D eigenvalue weighted by atomic mass is 14.9. The van der Waals surface area contributed by atoms with Crippen LogP contribution in [0.3, 0.4) is 0 Å². The second-order valence-electron chi connectivity index (χ2n) is 5.68. The van der Waals surface area contributed by atoms with Gasteiger partial charge in [0, 0.05) is 22.7 Å². The molecule has 0 saturated heterocycles. The molecule has 108 valence electrons. The molecular weight excluding hydrogens is 268 g/mol. The third-order valence-electron chi connectivity index (χ3n) is 4.11. The molecule has 1 aliphatic rings. The van der Waals surface area contributed by atoms with Gasteiger partial charge in [-0.2, -0.15) is 0 Å². The maximum Gasteiger partial charge on any atom is 0.0387 e. The van der Waals surface area contributed by atoms with Crippen molar-refractivity contribution in [2.75, 3.05) is 10.6 Å². The molecule has 4 rings (SSSR count).